The molecule has 0 saturated carbocycles. The molecule has 2 aromatic rings. The number of nitrogens with two attached hydrogens (primary N) is 1. The number of hydrogen-bond donors (Lipinski definition) is 3. The van der Waals surface area contributed by atoms with Crippen molar-refractivity contribution in [2.24, 2.45) is 10.7 Å². The van der Waals surface area contributed by atoms with Gasteiger partial charge in [0.05, 0.1) is 6.21 Å². The number of ether oxygens (including phenoxy) is 1. The van der Waals surface area contributed by atoms with Gasteiger partial charge in [0.2, 0.25) is 0 Å². The van der Waals surface area contributed by atoms with Crippen molar-refractivity contribution in [3.8, 4) is 5.75 Å². The van der Waals surface area contributed by atoms with Crippen LogP contribution in [0.3, 0.4) is 0 Å². The summed E-state index contributed by atoms with van der Waals surface area (Å²) in [7, 11) is 0. The van der Waals surface area contributed by atoms with Crippen molar-refractivity contribution in [1.82, 2.24) is 0 Å². The van der Waals surface area contributed by atoms with Crippen LogP contribution in [0.1, 0.15) is 18.1 Å². The molecule has 0 aromatic heterocycles. The SMILES string of the molecule is CC(=O)/C=C(F)/C=N\C(=N)OCc1cccc(O)c1.NCc1ccccc1F. The monoisotopic (exact) mass is 389 g/mol. The van der Waals surface area contributed by atoms with Gasteiger partial charge in [0.15, 0.2) is 5.78 Å². The lowest BCUT2D eigenvalue weighted by atomic mass is 10.2. The Morgan fingerprint density at radius 2 is 2.00 bits per heavy atom. The minimum Gasteiger partial charge on any atom is -0.508 e. The number of phenols is 1. The summed E-state index contributed by atoms with van der Waals surface area (Å²) in [4.78, 5) is 13.9. The lowest BCUT2D eigenvalue weighted by Gasteiger charge is -2.03. The Labute approximate surface area is 161 Å². The van der Waals surface area contributed by atoms with E-state index in [1.54, 1.807) is 30.3 Å². The average molecular weight is 389 g/mol. The molecule has 0 aliphatic rings. The third kappa shape index (κ3) is 9.35. The number of aromatic hydroxyl groups is 1. The Morgan fingerprint density at radius 3 is 2.57 bits per heavy atom. The van der Waals surface area contributed by atoms with Gasteiger partial charge in [-0.05, 0) is 30.7 Å². The first kappa shape index (κ1) is 22.7. The molecule has 0 heterocycles. The number of aliphatic imine (C=N–C) groups is 1. The summed E-state index contributed by atoms with van der Waals surface area (Å²) in [6.07, 6.45) is 1.48. The van der Waals surface area contributed by atoms with Gasteiger partial charge in [-0.25, -0.2) is 19.2 Å². The first-order valence-corrected chi connectivity index (χ1v) is 8.16. The first-order valence-electron chi connectivity index (χ1n) is 8.16. The number of allylic oxidation sites excluding steroid dienone is 2. The number of nitrogens with one attached hydrogen (secondary N) is 1. The molecule has 148 valence electrons. The predicted octanol–water partition coefficient (Wildman–Crippen LogP) is 3.64. The van der Waals surface area contributed by atoms with Crippen LogP contribution in [0.2, 0.25) is 0 Å². The number of rotatable bonds is 5. The number of benzene rings is 2. The third-order valence-electron chi connectivity index (χ3n) is 3.11. The molecule has 2 rings (SSSR count). The minimum absolute atomic E-state index is 0.0304. The lowest BCUT2D eigenvalue weighted by Crippen LogP contribution is -2.01. The quantitative estimate of drug-likeness (QED) is 0.412. The molecule has 8 heteroatoms. The molecular formula is C20H21F2N3O3. The number of halogens is 2. The summed E-state index contributed by atoms with van der Waals surface area (Å²) in [5.41, 5.74) is 6.43. The van der Waals surface area contributed by atoms with Gasteiger partial charge in [-0.15, -0.1) is 0 Å². The highest BCUT2D eigenvalue weighted by molar-refractivity contribution is 5.95. The number of phenolic OH excluding ortho intramolecular Hbond substituents is 1. The summed E-state index contributed by atoms with van der Waals surface area (Å²) in [6, 6.07) is 12.3. The van der Waals surface area contributed by atoms with Gasteiger partial charge in [0.25, 0.3) is 0 Å². The van der Waals surface area contributed by atoms with Crippen LogP contribution >= 0.6 is 0 Å². The van der Waals surface area contributed by atoms with E-state index in [4.69, 9.17) is 15.9 Å². The number of carbonyl (C=O) groups is 1. The predicted molar refractivity (Wildman–Crippen MR) is 103 cm³/mol. The van der Waals surface area contributed by atoms with Crippen molar-refractivity contribution in [2.45, 2.75) is 20.1 Å². The molecule has 28 heavy (non-hydrogen) atoms. The summed E-state index contributed by atoms with van der Waals surface area (Å²) >= 11 is 0. The van der Waals surface area contributed by atoms with Gasteiger partial charge in [0.1, 0.15) is 24.0 Å². The molecular weight excluding hydrogens is 368 g/mol. The van der Waals surface area contributed by atoms with E-state index in [1.165, 1.54) is 25.1 Å². The van der Waals surface area contributed by atoms with Crippen molar-refractivity contribution in [1.29, 1.82) is 5.41 Å². The van der Waals surface area contributed by atoms with Crippen molar-refractivity contribution in [3.05, 3.63) is 77.4 Å². The number of carbonyl (C=O) groups excluding carboxylic acids is 1. The summed E-state index contributed by atoms with van der Waals surface area (Å²) in [5, 5.41) is 16.5. The maximum atomic E-state index is 12.9. The molecule has 4 N–H and O–H groups in total. The highest BCUT2D eigenvalue weighted by atomic mass is 19.1. The zero-order valence-electron chi connectivity index (χ0n) is 15.2. The van der Waals surface area contributed by atoms with Crippen molar-refractivity contribution in [3.63, 3.8) is 0 Å². The van der Waals surface area contributed by atoms with Crippen LogP contribution in [0.4, 0.5) is 8.78 Å². The summed E-state index contributed by atoms with van der Waals surface area (Å²) in [6.45, 7) is 1.51. The second-order valence-corrected chi connectivity index (χ2v) is 5.46. The van der Waals surface area contributed by atoms with Crippen LogP contribution in [-0.4, -0.2) is 23.1 Å². The molecule has 0 fully saturated rings. The topological polar surface area (TPSA) is 109 Å². The Kier molecular flexibility index (Phi) is 9.77. The molecule has 0 saturated heterocycles. The molecule has 0 bridgehead atoms. The van der Waals surface area contributed by atoms with Gasteiger partial charge >= 0.3 is 6.02 Å². The largest absolute Gasteiger partial charge is 0.508 e. The Bertz CT molecular complexity index is 867. The zero-order valence-corrected chi connectivity index (χ0v) is 15.2. The van der Waals surface area contributed by atoms with Crippen LogP contribution in [-0.2, 0) is 22.7 Å². The smallest absolute Gasteiger partial charge is 0.309 e. The fourth-order valence-electron chi connectivity index (χ4n) is 1.85. The number of nitrogens with zero attached hydrogens (tertiary/aromatic N) is 1. The van der Waals surface area contributed by atoms with E-state index in [9.17, 15) is 18.7 Å². The molecule has 0 radical (unpaired) electrons. The van der Waals surface area contributed by atoms with E-state index in [2.05, 4.69) is 4.99 Å². The maximum absolute atomic E-state index is 12.9. The molecule has 6 nitrogen and oxygen atoms in total. The molecule has 0 spiro atoms. The van der Waals surface area contributed by atoms with Gasteiger partial charge < -0.3 is 15.6 Å². The van der Waals surface area contributed by atoms with Gasteiger partial charge in [-0.2, -0.15) is 0 Å². The Balaban J connectivity index is 0.000000362. The fourth-order valence-corrected chi connectivity index (χ4v) is 1.85. The third-order valence-corrected chi connectivity index (χ3v) is 3.11. The molecule has 0 unspecified atom stereocenters. The molecule has 0 amide bonds. The van der Waals surface area contributed by atoms with Crippen molar-refractivity contribution in [2.75, 3.05) is 0 Å². The number of hydrogen-bond acceptors (Lipinski definition) is 5. The number of amidine groups is 1. The van der Waals surface area contributed by atoms with E-state index >= 15 is 0 Å². The van der Waals surface area contributed by atoms with E-state index in [1.807, 2.05) is 0 Å². The highest BCUT2D eigenvalue weighted by Gasteiger charge is 1.99. The highest BCUT2D eigenvalue weighted by Crippen LogP contribution is 2.11. The average Bonchev–Trinajstić information content (AvgIpc) is 2.65. The number of ketones is 1. The van der Waals surface area contributed by atoms with Crippen molar-refractivity contribution >= 4 is 18.0 Å². The van der Waals surface area contributed by atoms with E-state index in [0.29, 0.717) is 11.1 Å². The van der Waals surface area contributed by atoms with Crippen molar-refractivity contribution < 1.29 is 23.4 Å². The Morgan fingerprint density at radius 1 is 1.29 bits per heavy atom. The second-order valence-electron chi connectivity index (χ2n) is 5.46. The second kappa shape index (κ2) is 12.1. The van der Waals surface area contributed by atoms with E-state index < -0.39 is 17.6 Å². The standard InChI is InChI=1S/C13H13FN2O3.C7H8FN/c1-9(17)5-11(14)7-16-13(15)19-8-10-3-2-4-12(18)6-10;8-7-4-2-1-3-6(7)5-9/h2-7,15,18H,8H2,1H3;1-4H,5,9H2/b11-5-,15-13?,16-7-;. The molecule has 0 atom stereocenters. The lowest BCUT2D eigenvalue weighted by molar-refractivity contribution is -0.112. The van der Waals surface area contributed by atoms with Crippen LogP contribution < -0.4 is 5.73 Å². The van der Waals surface area contributed by atoms with E-state index in [-0.39, 0.29) is 24.7 Å². The fraction of sp³-hybridized carbons (Fsp3) is 0.150. The molecule has 0 aliphatic heterocycles. The molecule has 2 aromatic carbocycles. The normalized spacial score (nSPS) is 10.9. The first-order chi connectivity index (χ1) is 13.3. The van der Waals surface area contributed by atoms with Gasteiger partial charge in [-0.3, -0.25) is 4.79 Å². The van der Waals surface area contributed by atoms with Crippen LogP contribution in [0.5, 0.6) is 5.75 Å². The van der Waals surface area contributed by atoms with Gasteiger partial charge in [0, 0.05) is 18.2 Å². The Hall–Kier alpha value is -3.39. The summed E-state index contributed by atoms with van der Waals surface area (Å²) in [5.74, 6) is -1.43. The summed E-state index contributed by atoms with van der Waals surface area (Å²) < 4.78 is 30.4. The van der Waals surface area contributed by atoms with Crippen LogP contribution in [0, 0.1) is 11.2 Å². The van der Waals surface area contributed by atoms with Crippen LogP contribution in [0.25, 0.3) is 0 Å². The van der Waals surface area contributed by atoms with Gasteiger partial charge in [-0.1, -0.05) is 30.3 Å². The molecule has 0 aliphatic carbocycles. The van der Waals surface area contributed by atoms with E-state index in [0.717, 1.165) is 12.3 Å². The maximum Gasteiger partial charge on any atom is 0.309 e. The van der Waals surface area contributed by atoms with Crippen LogP contribution in [0.15, 0.2) is 65.4 Å². The minimum atomic E-state index is -0.849. The zero-order chi connectivity index (χ0) is 20.9.